The van der Waals surface area contributed by atoms with Crippen LogP contribution in [0.15, 0.2) is 42.6 Å². The van der Waals surface area contributed by atoms with Gasteiger partial charge in [0.05, 0.1) is 18.2 Å². The highest BCUT2D eigenvalue weighted by Crippen LogP contribution is 2.33. The summed E-state index contributed by atoms with van der Waals surface area (Å²) < 4.78 is 7.45. The van der Waals surface area contributed by atoms with Gasteiger partial charge in [-0.05, 0) is 48.1 Å². The van der Waals surface area contributed by atoms with Crippen LogP contribution >= 0.6 is 0 Å². The van der Waals surface area contributed by atoms with Crippen molar-refractivity contribution < 1.29 is 14.3 Å². The van der Waals surface area contributed by atoms with E-state index in [0.717, 1.165) is 23.2 Å². The Labute approximate surface area is 171 Å². The number of amides is 1. The molecule has 0 aliphatic rings. The lowest BCUT2D eigenvalue weighted by Crippen LogP contribution is -2.24. The predicted molar refractivity (Wildman–Crippen MR) is 115 cm³/mol. The van der Waals surface area contributed by atoms with Crippen LogP contribution in [0.1, 0.15) is 59.4 Å². The molecule has 152 valence electrons. The molecule has 0 saturated heterocycles. The van der Waals surface area contributed by atoms with Crippen molar-refractivity contribution in [1.29, 1.82) is 0 Å². The van der Waals surface area contributed by atoms with Crippen molar-refractivity contribution in [2.75, 3.05) is 7.11 Å². The fraction of sp³-hybridized carbons (Fsp3) is 0.333. The summed E-state index contributed by atoms with van der Waals surface area (Å²) in [6.07, 6.45) is 6.61. The molecule has 0 spiro atoms. The van der Waals surface area contributed by atoms with Crippen molar-refractivity contribution in [2.45, 2.75) is 46.0 Å². The first-order valence-corrected chi connectivity index (χ1v) is 10.1. The summed E-state index contributed by atoms with van der Waals surface area (Å²) in [4.78, 5) is 24.4. The van der Waals surface area contributed by atoms with Crippen LogP contribution < -0.4 is 10.5 Å². The third kappa shape index (κ3) is 4.04. The Kier molecular flexibility index (Phi) is 6.37. The Morgan fingerprint density at radius 2 is 1.76 bits per heavy atom. The normalized spacial score (nSPS) is 11.0. The average Bonchev–Trinajstić information content (AvgIpc) is 3.05. The zero-order valence-electron chi connectivity index (χ0n) is 17.3. The number of fused-ring (bicyclic) bond motifs is 1. The molecule has 0 aliphatic carbocycles. The zero-order valence-corrected chi connectivity index (χ0v) is 17.3. The maximum atomic E-state index is 12.7. The lowest BCUT2D eigenvalue weighted by atomic mass is 9.98. The second-order valence-electron chi connectivity index (χ2n) is 7.24. The van der Waals surface area contributed by atoms with Gasteiger partial charge in [0, 0.05) is 18.3 Å². The van der Waals surface area contributed by atoms with Gasteiger partial charge in [0.15, 0.2) is 0 Å². The fourth-order valence-electron chi connectivity index (χ4n) is 3.89. The van der Waals surface area contributed by atoms with Crippen LogP contribution in [0.2, 0.25) is 0 Å². The van der Waals surface area contributed by atoms with E-state index in [0.29, 0.717) is 29.7 Å². The van der Waals surface area contributed by atoms with Crippen molar-refractivity contribution in [2.24, 2.45) is 5.73 Å². The minimum absolute atomic E-state index is 0.354. The largest absolute Gasteiger partial charge is 0.495 e. The van der Waals surface area contributed by atoms with Crippen molar-refractivity contribution >= 4 is 17.2 Å². The molecule has 5 nitrogen and oxygen atoms in total. The van der Waals surface area contributed by atoms with E-state index in [4.69, 9.17) is 10.5 Å². The number of hydrogen-bond donors (Lipinski definition) is 1. The lowest BCUT2D eigenvalue weighted by Gasteiger charge is -2.08. The van der Waals surface area contributed by atoms with Crippen molar-refractivity contribution in [3.63, 3.8) is 0 Å². The molecule has 0 fully saturated rings. The smallest absolute Gasteiger partial charge is 0.289 e. The molecule has 2 N–H and O–H groups in total. The van der Waals surface area contributed by atoms with E-state index < -0.39 is 11.7 Å². The van der Waals surface area contributed by atoms with Crippen LogP contribution in [0.3, 0.4) is 0 Å². The Balaban J connectivity index is 2.12. The molecule has 1 amide bonds. The topological polar surface area (TPSA) is 73.8 Å². The van der Waals surface area contributed by atoms with Crippen LogP contribution in [-0.2, 0) is 24.1 Å². The number of ether oxygens (including phenoxy) is 1. The molecular weight excluding hydrogens is 364 g/mol. The number of methoxy groups -OCH3 is 1. The lowest BCUT2D eigenvalue weighted by molar-refractivity contribution is -0.114. The highest BCUT2D eigenvalue weighted by Gasteiger charge is 2.27. The molecule has 0 unspecified atom stereocenters. The SMILES string of the molecule is CCCCc1ccc(Cc2c(CC)c(C(=O)C(N)=O)c3c(OC)cccn23)cc1. The van der Waals surface area contributed by atoms with Gasteiger partial charge in [-0.2, -0.15) is 0 Å². The van der Waals surface area contributed by atoms with Gasteiger partial charge in [-0.25, -0.2) is 0 Å². The highest BCUT2D eigenvalue weighted by molar-refractivity contribution is 6.44. The molecule has 3 aromatic rings. The first-order chi connectivity index (χ1) is 14.0. The third-order valence-corrected chi connectivity index (χ3v) is 5.37. The van der Waals surface area contributed by atoms with E-state index in [2.05, 4.69) is 31.2 Å². The Morgan fingerprint density at radius 1 is 1.07 bits per heavy atom. The number of primary amides is 1. The van der Waals surface area contributed by atoms with Crippen LogP contribution in [0.4, 0.5) is 0 Å². The summed E-state index contributed by atoms with van der Waals surface area (Å²) in [6.45, 7) is 4.17. The molecule has 0 bridgehead atoms. The monoisotopic (exact) mass is 392 g/mol. The van der Waals surface area contributed by atoms with E-state index in [1.165, 1.54) is 18.4 Å². The van der Waals surface area contributed by atoms with E-state index in [1.54, 1.807) is 13.2 Å². The van der Waals surface area contributed by atoms with Gasteiger partial charge in [-0.15, -0.1) is 0 Å². The maximum absolute atomic E-state index is 12.7. The number of pyridine rings is 1. The summed E-state index contributed by atoms with van der Waals surface area (Å²) in [7, 11) is 1.56. The fourth-order valence-corrected chi connectivity index (χ4v) is 3.89. The molecule has 0 saturated carbocycles. The summed E-state index contributed by atoms with van der Waals surface area (Å²) in [5.74, 6) is -1.08. The van der Waals surface area contributed by atoms with Crippen molar-refractivity contribution in [3.05, 3.63) is 70.5 Å². The molecule has 0 atom stereocenters. The van der Waals surface area contributed by atoms with Crippen LogP contribution in [-0.4, -0.2) is 23.2 Å². The van der Waals surface area contributed by atoms with Gasteiger partial charge in [-0.1, -0.05) is 44.5 Å². The van der Waals surface area contributed by atoms with Crippen molar-refractivity contribution in [3.8, 4) is 5.75 Å². The van der Waals surface area contributed by atoms with E-state index in [-0.39, 0.29) is 0 Å². The van der Waals surface area contributed by atoms with Crippen molar-refractivity contribution in [1.82, 2.24) is 4.40 Å². The number of hydrogen-bond acceptors (Lipinski definition) is 3. The Bertz CT molecular complexity index is 1030. The van der Waals surface area contributed by atoms with Gasteiger partial charge < -0.3 is 14.9 Å². The number of nitrogens with two attached hydrogens (primary N) is 1. The number of carbonyl (C=O) groups excluding carboxylic acids is 2. The number of rotatable bonds is 9. The molecule has 1 aromatic carbocycles. The minimum Gasteiger partial charge on any atom is -0.495 e. The van der Waals surface area contributed by atoms with Gasteiger partial charge in [0.2, 0.25) is 0 Å². The van der Waals surface area contributed by atoms with Crippen LogP contribution in [0.5, 0.6) is 5.75 Å². The Hall–Kier alpha value is -3.08. The molecule has 0 radical (unpaired) electrons. The molecular formula is C24H28N2O3. The zero-order chi connectivity index (χ0) is 21.0. The summed E-state index contributed by atoms with van der Waals surface area (Å²) >= 11 is 0. The summed E-state index contributed by atoms with van der Waals surface area (Å²) in [5.41, 5.74) is 10.6. The molecule has 5 heteroatoms. The minimum atomic E-state index is -0.954. The van der Waals surface area contributed by atoms with E-state index >= 15 is 0 Å². The standard InChI is InChI=1S/C24H28N2O3/c1-4-6-8-16-10-12-17(13-11-16)15-19-18(5-2)21(23(27)24(25)28)22-20(29-3)9-7-14-26(19)22/h7,9-14H,4-6,8,15H2,1-3H3,(H2,25,28). The van der Waals surface area contributed by atoms with Crippen LogP contribution in [0.25, 0.3) is 5.52 Å². The molecule has 0 aliphatic heterocycles. The van der Waals surface area contributed by atoms with Gasteiger partial charge in [0.25, 0.3) is 11.7 Å². The first-order valence-electron chi connectivity index (χ1n) is 10.1. The number of carbonyl (C=O) groups is 2. The van der Waals surface area contributed by atoms with Gasteiger partial charge in [0.1, 0.15) is 5.75 Å². The molecule has 2 heterocycles. The van der Waals surface area contributed by atoms with E-state index in [9.17, 15) is 9.59 Å². The van der Waals surface area contributed by atoms with Crippen LogP contribution in [0, 0.1) is 0 Å². The second kappa shape index (κ2) is 8.95. The Morgan fingerprint density at radius 3 is 2.34 bits per heavy atom. The quantitative estimate of drug-likeness (QED) is 0.440. The molecule has 29 heavy (non-hydrogen) atoms. The molecule has 2 aromatic heterocycles. The highest BCUT2D eigenvalue weighted by atomic mass is 16.5. The van der Waals surface area contributed by atoms with Gasteiger partial charge in [-0.3, -0.25) is 9.59 Å². The number of ketones is 1. The number of unbranched alkanes of at least 4 members (excludes halogenated alkanes) is 1. The van der Waals surface area contributed by atoms with Gasteiger partial charge >= 0.3 is 0 Å². The second-order valence-corrected chi connectivity index (χ2v) is 7.24. The number of benzene rings is 1. The first kappa shape index (κ1) is 20.6. The summed E-state index contributed by atoms with van der Waals surface area (Å²) in [5, 5.41) is 0. The maximum Gasteiger partial charge on any atom is 0.289 e. The number of aromatic nitrogens is 1. The number of nitrogens with zero attached hydrogens (tertiary/aromatic N) is 1. The molecule has 3 rings (SSSR count). The summed E-state index contributed by atoms with van der Waals surface area (Å²) in [6, 6.07) is 12.3. The predicted octanol–water partition coefficient (Wildman–Crippen LogP) is 4.11. The third-order valence-electron chi connectivity index (χ3n) is 5.37. The average molecular weight is 392 g/mol. The number of Topliss-reactive ketones (excluding diaryl/α,β-unsaturated/α-hetero) is 1. The number of aryl methyl sites for hydroxylation is 1. The van der Waals surface area contributed by atoms with E-state index in [1.807, 2.05) is 23.6 Å².